The van der Waals surface area contributed by atoms with Crippen LogP contribution in [0.2, 0.25) is 0 Å². The van der Waals surface area contributed by atoms with Crippen LogP contribution in [0.4, 0.5) is 5.69 Å². The molecular formula is C11H13NO4S. The summed E-state index contributed by atoms with van der Waals surface area (Å²) in [6, 6.07) is 6.85. The predicted molar refractivity (Wildman–Crippen MR) is 65.6 cm³/mol. The zero-order valence-electron chi connectivity index (χ0n) is 9.30. The summed E-state index contributed by atoms with van der Waals surface area (Å²) in [5.41, 5.74) is 1.43. The van der Waals surface area contributed by atoms with Crippen molar-refractivity contribution in [1.82, 2.24) is 0 Å². The van der Waals surface area contributed by atoms with Crippen molar-refractivity contribution in [3.8, 4) is 0 Å². The van der Waals surface area contributed by atoms with Gasteiger partial charge in [-0.3, -0.25) is 14.8 Å². The Hall–Kier alpha value is -1.37. The summed E-state index contributed by atoms with van der Waals surface area (Å²) < 4.78 is 0. The average molecular weight is 255 g/mol. The van der Waals surface area contributed by atoms with Crippen molar-refractivity contribution in [2.75, 3.05) is 11.1 Å². The van der Waals surface area contributed by atoms with E-state index in [1.807, 2.05) is 0 Å². The minimum Gasteiger partial charge on any atom is -0.325 e. The fourth-order valence-corrected chi connectivity index (χ4v) is 1.53. The zero-order chi connectivity index (χ0) is 12.7. The van der Waals surface area contributed by atoms with Gasteiger partial charge >= 0.3 is 0 Å². The second-order valence-electron chi connectivity index (χ2n) is 3.30. The Morgan fingerprint density at radius 3 is 2.53 bits per heavy atom. The molecule has 0 saturated heterocycles. The smallest absolute Gasteiger partial charge is 0.234 e. The summed E-state index contributed by atoms with van der Waals surface area (Å²) in [7, 11) is 0. The van der Waals surface area contributed by atoms with Gasteiger partial charge in [0.15, 0.2) is 5.12 Å². The summed E-state index contributed by atoms with van der Waals surface area (Å²) >= 11 is 0.966. The first-order valence-corrected chi connectivity index (χ1v) is 5.89. The number of carbonyl (C=O) groups is 2. The van der Waals surface area contributed by atoms with Crippen LogP contribution in [0.25, 0.3) is 0 Å². The molecule has 2 N–H and O–H groups in total. The van der Waals surface area contributed by atoms with E-state index in [4.69, 9.17) is 5.26 Å². The summed E-state index contributed by atoms with van der Waals surface area (Å²) in [6.45, 7) is 1.52. The average Bonchev–Trinajstić information content (AvgIpc) is 2.29. The molecule has 0 spiro atoms. The van der Waals surface area contributed by atoms with Crippen LogP contribution in [-0.2, 0) is 21.1 Å². The monoisotopic (exact) mass is 255 g/mol. The van der Waals surface area contributed by atoms with Gasteiger partial charge in [-0.2, -0.15) is 0 Å². The molecule has 1 rings (SSSR count). The third-order valence-electron chi connectivity index (χ3n) is 1.88. The number of anilines is 1. The molecule has 92 valence electrons. The van der Waals surface area contributed by atoms with Gasteiger partial charge in [0.25, 0.3) is 0 Å². The molecule has 0 saturated carbocycles. The molecule has 0 aliphatic heterocycles. The van der Waals surface area contributed by atoms with Crippen LogP contribution in [0.3, 0.4) is 0 Å². The van der Waals surface area contributed by atoms with Crippen LogP contribution >= 0.6 is 11.8 Å². The van der Waals surface area contributed by atoms with E-state index in [1.54, 1.807) is 24.3 Å². The molecular weight excluding hydrogens is 242 g/mol. The highest BCUT2D eigenvalue weighted by Crippen LogP contribution is 2.11. The Balaban J connectivity index is 2.45. The first-order chi connectivity index (χ1) is 8.11. The van der Waals surface area contributed by atoms with Gasteiger partial charge in [-0.05, 0) is 17.7 Å². The standard InChI is InChI=1S/C11H13NO4S/c1-8(13)17-7-11(14)12-10-4-2-9(3-5-10)6-16-15/h2-5,15H,6-7H2,1H3,(H,12,14). The van der Waals surface area contributed by atoms with Crippen molar-refractivity contribution in [2.45, 2.75) is 13.5 Å². The second-order valence-corrected chi connectivity index (χ2v) is 4.45. The van der Waals surface area contributed by atoms with Gasteiger partial charge < -0.3 is 5.32 Å². The molecule has 0 heterocycles. The number of amides is 1. The van der Waals surface area contributed by atoms with E-state index < -0.39 is 0 Å². The van der Waals surface area contributed by atoms with Crippen molar-refractivity contribution in [1.29, 1.82) is 0 Å². The second kappa shape index (κ2) is 7.05. The molecule has 1 amide bonds. The van der Waals surface area contributed by atoms with Crippen LogP contribution in [0.1, 0.15) is 12.5 Å². The van der Waals surface area contributed by atoms with E-state index in [2.05, 4.69) is 10.2 Å². The Morgan fingerprint density at radius 2 is 2.00 bits per heavy atom. The summed E-state index contributed by atoms with van der Waals surface area (Å²) in [4.78, 5) is 26.0. The maximum Gasteiger partial charge on any atom is 0.234 e. The van der Waals surface area contributed by atoms with Crippen molar-refractivity contribution < 1.29 is 19.7 Å². The molecule has 0 bridgehead atoms. The highest BCUT2D eigenvalue weighted by molar-refractivity contribution is 8.14. The van der Waals surface area contributed by atoms with Crippen molar-refractivity contribution in [2.24, 2.45) is 0 Å². The van der Waals surface area contributed by atoms with E-state index in [-0.39, 0.29) is 23.4 Å². The van der Waals surface area contributed by atoms with E-state index in [1.165, 1.54) is 6.92 Å². The predicted octanol–water partition coefficient (Wildman–Crippen LogP) is 1.89. The first-order valence-electron chi connectivity index (χ1n) is 4.90. The third-order valence-corrected chi connectivity index (χ3v) is 2.69. The van der Waals surface area contributed by atoms with Crippen LogP contribution < -0.4 is 5.32 Å². The lowest BCUT2D eigenvalue weighted by molar-refractivity contribution is -0.253. The minimum atomic E-state index is -0.226. The third kappa shape index (κ3) is 5.48. The molecule has 17 heavy (non-hydrogen) atoms. The number of hydrogen-bond donors (Lipinski definition) is 2. The number of rotatable bonds is 5. The van der Waals surface area contributed by atoms with Crippen LogP contribution in [0.5, 0.6) is 0 Å². The zero-order valence-corrected chi connectivity index (χ0v) is 10.1. The molecule has 5 nitrogen and oxygen atoms in total. The minimum absolute atomic E-state index is 0.0874. The maximum atomic E-state index is 11.4. The summed E-state index contributed by atoms with van der Waals surface area (Å²) in [5, 5.41) is 10.8. The van der Waals surface area contributed by atoms with Gasteiger partial charge in [0, 0.05) is 12.6 Å². The van der Waals surface area contributed by atoms with Crippen LogP contribution in [0.15, 0.2) is 24.3 Å². The lowest BCUT2D eigenvalue weighted by atomic mass is 10.2. The van der Waals surface area contributed by atoms with Crippen molar-refractivity contribution >= 4 is 28.5 Å². The molecule has 0 aliphatic rings. The fraction of sp³-hybridized carbons (Fsp3) is 0.273. The normalized spacial score (nSPS) is 10.0. The maximum absolute atomic E-state index is 11.4. The Labute approximate surface area is 103 Å². The highest BCUT2D eigenvalue weighted by atomic mass is 32.2. The van der Waals surface area contributed by atoms with Gasteiger partial charge in [0.2, 0.25) is 5.91 Å². The Morgan fingerprint density at radius 1 is 1.35 bits per heavy atom. The number of hydrogen-bond acceptors (Lipinski definition) is 5. The molecule has 0 aromatic heterocycles. The van der Waals surface area contributed by atoms with Gasteiger partial charge in [0.05, 0.1) is 5.75 Å². The molecule has 1 aromatic rings. The Bertz CT molecular complexity index is 391. The van der Waals surface area contributed by atoms with E-state index in [0.717, 1.165) is 17.3 Å². The van der Waals surface area contributed by atoms with Crippen molar-refractivity contribution in [3.63, 3.8) is 0 Å². The molecule has 1 aromatic carbocycles. The van der Waals surface area contributed by atoms with Crippen LogP contribution in [-0.4, -0.2) is 22.0 Å². The lowest BCUT2D eigenvalue weighted by Crippen LogP contribution is -2.14. The quantitative estimate of drug-likeness (QED) is 0.620. The molecule has 0 radical (unpaired) electrons. The fourth-order valence-electron chi connectivity index (χ4n) is 1.12. The molecule has 6 heteroatoms. The summed E-state index contributed by atoms with van der Waals surface area (Å²) in [6.07, 6.45) is 0. The van der Waals surface area contributed by atoms with E-state index in [9.17, 15) is 9.59 Å². The number of thioether (sulfide) groups is 1. The van der Waals surface area contributed by atoms with Crippen molar-refractivity contribution in [3.05, 3.63) is 29.8 Å². The SMILES string of the molecule is CC(=O)SCC(=O)Nc1ccc(COO)cc1. The van der Waals surface area contributed by atoms with Gasteiger partial charge in [-0.15, -0.1) is 0 Å². The van der Waals surface area contributed by atoms with E-state index >= 15 is 0 Å². The van der Waals surface area contributed by atoms with Gasteiger partial charge in [-0.1, -0.05) is 23.9 Å². The number of carbonyl (C=O) groups excluding carboxylic acids is 2. The molecule has 0 atom stereocenters. The largest absolute Gasteiger partial charge is 0.325 e. The molecule has 0 unspecified atom stereocenters. The molecule has 0 fully saturated rings. The lowest BCUT2D eigenvalue weighted by Gasteiger charge is -2.05. The first kappa shape index (κ1) is 13.7. The molecule has 0 aliphatic carbocycles. The van der Waals surface area contributed by atoms with Gasteiger partial charge in [0.1, 0.15) is 6.61 Å². The van der Waals surface area contributed by atoms with Crippen LogP contribution in [0, 0.1) is 0 Å². The van der Waals surface area contributed by atoms with E-state index in [0.29, 0.717) is 5.69 Å². The summed E-state index contributed by atoms with van der Waals surface area (Å²) in [5.74, 6) is -0.118. The number of nitrogens with one attached hydrogen (secondary N) is 1. The number of benzene rings is 1. The Kier molecular flexibility index (Phi) is 5.68. The van der Waals surface area contributed by atoms with Gasteiger partial charge in [-0.25, -0.2) is 4.89 Å². The highest BCUT2D eigenvalue weighted by Gasteiger charge is 2.04. The topological polar surface area (TPSA) is 75.6 Å².